The summed E-state index contributed by atoms with van der Waals surface area (Å²) in [5.41, 5.74) is 10.2. The number of fused-ring (bicyclic) bond motifs is 13. The molecule has 0 aliphatic carbocycles. The van der Waals surface area contributed by atoms with Crippen LogP contribution < -0.4 is 0 Å². The van der Waals surface area contributed by atoms with Crippen molar-refractivity contribution < 1.29 is 13.3 Å². The molecule has 12 rings (SSSR count). The van der Waals surface area contributed by atoms with Gasteiger partial charge in [-0.2, -0.15) is 0 Å². The molecule has 3 aromatic heterocycles. The molecule has 0 radical (unpaired) electrons. The second-order valence-electron chi connectivity index (χ2n) is 13.6. The van der Waals surface area contributed by atoms with Crippen molar-refractivity contribution >= 4 is 98.1 Å². The summed E-state index contributed by atoms with van der Waals surface area (Å²) >= 11 is 0. The summed E-state index contributed by atoms with van der Waals surface area (Å²) in [6, 6.07) is 56.2. The highest BCUT2D eigenvalue weighted by Gasteiger charge is 2.20. The van der Waals surface area contributed by atoms with Crippen LogP contribution in [0.15, 0.2) is 171 Å². The van der Waals surface area contributed by atoms with E-state index in [1.807, 2.05) is 24.3 Å². The number of benzene rings is 9. The average molecular weight is 651 g/mol. The Morgan fingerprint density at radius 1 is 0.255 bits per heavy atom. The van der Waals surface area contributed by atoms with E-state index in [0.29, 0.717) is 0 Å². The van der Waals surface area contributed by atoms with E-state index in [1.54, 1.807) is 0 Å². The summed E-state index contributed by atoms with van der Waals surface area (Å²) in [5, 5.41) is 13.8. The molecule has 0 bridgehead atoms. The number of para-hydroxylation sites is 2. The molecule has 0 unspecified atom stereocenters. The smallest absolute Gasteiger partial charge is 0.143 e. The third kappa shape index (κ3) is 3.72. The number of rotatable bonds is 2. The van der Waals surface area contributed by atoms with Crippen LogP contribution in [0.2, 0.25) is 0 Å². The predicted octanol–water partition coefficient (Wildman–Crippen LogP) is 14.2. The zero-order chi connectivity index (χ0) is 33.2. The first-order chi connectivity index (χ1) is 25.3. The third-order valence-corrected chi connectivity index (χ3v) is 10.8. The molecule has 0 fully saturated rings. The van der Waals surface area contributed by atoms with Crippen LogP contribution in [0.3, 0.4) is 0 Å². The van der Waals surface area contributed by atoms with Gasteiger partial charge in [0.15, 0.2) is 0 Å². The summed E-state index contributed by atoms with van der Waals surface area (Å²) in [4.78, 5) is 0. The minimum Gasteiger partial charge on any atom is -0.456 e. The van der Waals surface area contributed by atoms with E-state index in [2.05, 4.69) is 133 Å². The molecule has 0 saturated carbocycles. The van der Waals surface area contributed by atoms with Gasteiger partial charge in [-0.15, -0.1) is 0 Å². The van der Waals surface area contributed by atoms with Crippen molar-refractivity contribution in [1.82, 2.24) is 0 Å². The van der Waals surface area contributed by atoms with Gasteiger partial charge in [-0.25, -0.2) is 0 Å². The Morgan fingerprint density at radius 2 is 0.706 bits per heavy atom. The van der Waals surface area contributed by atoms with Gasteiger partial charge < -0.3 is 13.3 Å². The van der Waals surface area contributed by atoms with Gasteiger partial charge in [0.1, 0.15) is 33.5 Å². The summed E-state index contributed by atoms with van der Waals surface area (Å²) in [6.07, 6.45) is 0. The monoisotopic (exact) mass is 650 g/mol. The first kappa shape index (κ1) is 27.0. The molecule has 3 heteroatoms. The predicted molar refractivity (Wildman–Crippen MR) is 212 cm³/mol. The largest absolute Gasteiger partial charge is 0.456 e. The van der Waals surface area contributed by atoms with Crippen LogP contribution >= 0.6 is 0 Å². The van der Waals surface area contributed by atoms with E-state index in [1.165, 1.54) is 38.2 Å². The topological polar surface area (TPSA) is 39.4 Å². The molecule has 3 nitrogen and oxygen atoms in total. The van der Waals surface area contributed by atoms with Crippen LogP contribution in [0.4, 0.5) is 0 Å². The van der Waals surface area contributed by atoms with E-state index in [9.17, 15) is 0 Å². The van der Waals surface area contributed by atoms with Crippen LogP contribution in [0.1, 0.15) is 0 Å². The summed E-state index contributed by atoms with van der Waals surface area (Å²) in [7, 11) is 0. The molecule has 0 atom stereocenters. The van der Waals surface area contributed by atoms with E-state index in [-0.39, 0.29) is 0 Å². The number of hydrogen-bond acceptors (Lipinski definition) is 3. The van der Waals surface area contributed by atoms with Crippen molar-refractivity contribution in [2.24, 2.45) is 0 Å². The Bertz CT molecular complexity index is 3370. The minimum atomic E-state index is 0.879. The van der Waals surface area contributed by atoms with E-state index in [4.69, 9.17) is 13.3 Å². The van der Waals surface area contributed by atoms with Crippen LogP contribution in [0.5, 0.6) is 0 Å². The molecule has 0 amide bonds. The molecule has 0 aliphatic heterocycles. The van der Waals surface area contributed by atoms with Gasteiger partial charge in [0.05, 0.1) is 0 Å². The Labute approximate surface area is 290 Å². The van der Waals surface area contributed by atoms with Crippen molar-refractivity contribution in [3.8, 4) is 22.3 Å². The van der Waals surface area contributed by atoms with Gasteiger partial charge in [0.25, 0.3) is 0 Å². The first-order valence-corrected chi connectivity index (χ1v) is 17.3. The van der Waals surface area contributed by atoms with E-state index in [0.717, 1.165) is 82.2 Å². The Balaban J connectivity index is 1.11. The number of furan rings is 3. The summed E-state index contributed by atoms with van der Waals surface area (Å²) in [5.74, 6) is 0. The third-order valence-electron chi connectivity index (χ3n) is 10.8. The van der Waals surface area contributed by atoms with Gasteiger partial charge in [0, 0.05) is 37.7 Å². The summed E-state index contributed by atoms with van der Waals surface area (Å²) in [6.45, 7) is 0. The second-order valence-corrected chi connectivity index (χ2v) is 13.6. The van der Waals surface area contributed by atoms with E-state index >= 15 is 0 Å². The molecule has 0 aliphatic rings. The fourth-order valence-corrected chi connectivity index (χ4v) is 8.56. The standard InChI is InChI=1S/C48H26O3/c1-3-13-34-32(11-1)46(28-18-21-43-38(23-28)30-9-5-7-15-41(30)49-43)33-12-2-4-14-35(33)47(34)29-19-22-44-39(24-29)36-20-17-27-25-45-40(26-37(27)48(36)51-44)31-10-6-8-16-42(31)50-45/h1-26H. The molecule has 0 saturated heterocycles. The van der Waals surface area contributed by atoms with Crippen LogP contribution in [0, 0.1) is 0 Å². The van der Waals surface area contributed by atoms with Crippen molar-refractivity contribution in [2.75, 3.05) is 0 Å². The Morgan fingerprint density at radius 3 is 1.29 bits per heavy atom. The van der Waals surface area contributed by atoms with Gasteiger partial charge in [-0.1, -0.05) is 103 Å². The Kier molecular flexibility index (Phi) is 5.23. The van der Waals surface area contributed by atoms with Crippen LogP contribution in [-0.2, 0) is 0 Å². The van der Waals surface area contributed by atoms with Gasteiger partial charge >= 0.3 is 0 Å². The maximum Gasteiger partial charge on any atom is 0.143 e. The molecule has 0 N–H and O–H groups in total. The van der Waals surface area contributed by atoms with Crippen molar-refractivity contribution in [1.29, 1.82) is 0 Å². The van der Waals surface area contributed by atoms with Crippen molar-refractivity contribution in [3.05, 3.63) is 158 Å². The molecular formula is C48H26O3. The highest BCUT2D eigenvalue weighted by atomic mass is 16.3. The zero-order valence-electron chi connectivity index (χ0n) is 27.2. The fraction of sp³-hybridized carbons (Fsp3) is 0. The lowest BCUT2D eigenvalue weighted by atomic mass is 9.85. The highest BCUT2D eigenvalue weighted by Crippen LogP contribution is 2.46. The lowest BCUT2D eigenvalue weighted by molar-refractivity contribution is 0.668. The lowest BCUT2D eigenvalue weighted by Gasteiger charge is -2.17. The normalized spacial score (nSPS) is 12.3. The van der Waals surface area contributed by atoms with Gasteiger partial charge in [-0.3, -0.25) is 0 Å². The zero-order valence-corrected chi connectivity index (χ0v) is 27.2. The SMILES string of the molecule is c1ccc2c(c1)oc1ccc(-c3c4ccccc4c(-c4ccc5oc6c7cc8c(cc7ccc6c5c4)oc4ccccc48)c4ccccc34)cc12. The maximum atomic E-state index is 6.67. The second kappa shape index (κ2) is 9.87. The first-order valence-electron chi connectivity index (χ1n) is 17.3. The number of hydrogen-bond donors (Lipinski definition) is 0. The Hall–Kier alpha value is -6.84. The molecule has 12 aromatic rings. The van der Waals surface area contributed by atoms with E-state index < -0.39 is 0 Å². The van der Waals surface area contributed by atoms with Crippen LogP contribution in [0.25, 0.3) is 120 Å². The van der Waals surface area contributed by atoms with Crippen molar-refractivity contribution in [3.63, 3.8) is 0 Å². The average Bonchev–Trinajstić information content (AvgIpc) is 3.86. The molecule has 3 heterocycles. The molecule has 236 valence electrons. The van der Waals surface area contributed by atoms with Gasteiger partial charge in [0.2, 0.25) is 0 Å². The highest BCUT2D eigenvalue weighted by molar-refractivity contribution is 6.24. The minimum absolute atomic E-state index is 0.879. The molecule has 0 spiro atoms. The van der Waals surface area contributed by atoms with Crippen LogP contribution in [-0.4, -0.2) is 0 Å². The quantitative estimate of drug-likeness (QED) is 0.175. The molecule has 51 heavy (non-hydrogen) atoms. The molecular weight excluding hydrogens is 625 g/mol. The molecule has 9 aromatic carbocycles. The van der Waals surface area contributed by atoms with Crippen molar-refractivity contribution in [2.45, 2.75) is 0 Å². The maximum absolute atomic E-state index is 6.67. The summed E-state index contributed by atoms with van der Waals surface area (Å²) < 4.78 is 19.1. The fourth-order valence-electron chi connectivity index (χ4n) is 8.56. The van der Waals surface area contributed by atoms with Gasteiger partial charge in [-0.05, 0) is 104 Å². The lowest BCUT2D eigenvalue weighted by Crippen LogP contribution is -1.90.